The zero-order chi connectivity index (χ0) is 15.2. The fourth-order valence-electron chi connectivity index (χ4n) is 2.00. The van der Waals surface area contributed by atoms with E-state index in [0.717, 1.165) is 24.4 Å². The van der Waals surface area contributed by atoms with Crippen LogP contribution >= 0.6 is 0 Å². The lowest BCUT2D eigenvalue weighted by Crippen LogP contribution is -2.19. The number of nitrogens with one attached hydrogen (secondary N) is 1. The van der Waals surface area contributed by atoms with Gasteiger partial charge in [0.05, 0.1) is 6.26 Å². The molecule has 1 heterocycles. The predicted octanol–water partition coefficient (Wildman–Crippen LogP) is 4.05. The maximum Gasteiger partial charge on any atom is 0.146 e. The predicted molar refractivity (Wildman–Crippen MR) is 80.7 cm³/mol. The monoisotopic (exact) mass is 291 g/mol. The van der Waals surface area contributed by atoms with Gasteiger partial charge in [-0.2, -0.15) is 0 Å². The van der Waals surface area contributed by atoms with Gasteiger partial charge in [0.1, 0.15) is 23.9 Å². The Bertz CT molecular complexity index is 578. The quantitative estimate of drug-likeness (QED) is 0.835. The third-order valence-corrected chi connectivity index (χ3v) is 3.21. The summed E-state index contributed by atoms with van der Waals surface area (Å²) in [6.07, 6.45) is 1.67. The van der Waals surface area contributed by atoms with Gasteiger partial charge in [-0.1, -0.05) is 13.8 Å². The van der Waals surface area contributed by atoms with E-state index >= 15 is 0 Å². The molecule has 3 nitrogen and oxygen atoms in total. The van der Waals surface area contributed by atoms with Crippen LogP contribution in [0.4, 0.5) is 4.39 Å². The first kappa shape index (κ1) is 15.6. The Morgan fingerprint density at radius 2 is 2.10 bits per heavy atom. The molecular weight excluding hydrogens is 269 g/mol. The molecule has 4 heteroatoms. The maximum absolute atomic E-state index is 13.2. The first-order valence-corrected chi connectivity index (χ1v) is 7.21. The smallest absolute Gasteiger partial charge is 0.146 e. The molecule has 0 saturated carbocycles. The van der Waals surface area contributed by atoms with E-state index in [0.29, 0.717) is 23.8 Å². The highest BCUT2D eigenvalue weighted by molar-refractivity contribution is 5.29. The van der Waals surface area contributed by atoms with Crippen molar-refractivity contribution in [3.8, 4) is 5.75 Å². The van der Waals surface area contributed by atoms with Gasteiger partial charge < -0.3 is 14.5 Å². The van der Waals surface area contributed by atoms with Gasteiger partial charge >= 0.3 is 0 Å². The zero-order valence-electron chi connectivity index (χ0n) is 12.8. The molecule has 114 valence electrons. The van der Waals surface area contributed by atoms with Crippen molar-refractivity contribution in [2.45, 2.75) is 33.9 Å². The lowest BCUT2D eigenvalue weighted by molar-refractivity contribution is 0.267. The van der Waals surface area contributed by atoms with Crippen LogP contribution in [0.2, 0.25) is 0 Å². The molecule has 0 aliphatic rings. The molecule has 21 heavy (non-hydrogen) atoms. The van der Waals surface area contributed by atoms with Crippen molar-refractivity contribution in [1.29, 1.82) is 0 Å². The summed E-state index contributed by atoms with van der Waals surface area (Å²) in [6.45, 7) is 8.12. The number of hydrogen-bond acceptors (Lipinski definition) is 3. The molecule has 0 spiro atoms. The second kappa shape index (κ2) is 7.27. The van der Waals surface area contributed by atoms with Crippen LogP contribution in [0.3, 0.4) is 0 Å². The molecular formula is C17H22FNO2. The van der Waals surface area contributed by atoms with E-state index < -0.39 is 0 Å². The molecule has 0 aliphatic heterocycles. The first-order chi connectivity index (χ1) is 10.1. The number of aryl methyl sites for hydroxylation is 1. The molecule has 2 rings (SSSR count). The average molecular weight is 291 g/mol. The third-order valence-electron chi connectivity index (χ3n) is 3.21. The fourth-order valence-corrected chi connectivity index (χ4v) is 2.00. The summed E-state index contributed by atoms with van der Waals surface area (Å²) in [5, 5.41) is 3.38. The molecule has 0 saturated heterocycles. The Morgan fingerprint density at radius 3 is 2.81 bits per heavy atom. The zero-order valence-corrected chi connectivity index (χ0v) is 12.8. The minimum Gasteiger partial charge on any atom is -0.486 e. The van der Waals surface area contributed by atoms with Gasteiger partial charge in [-0.3, -0.25) is 0 Å². The standard InChI is InChI=1S/C17H22FNO2/c1-12(2)9-19-10-14-6-7-20-17(14)11-21-15-4-5-16(18)13(3)8-15/h4-8,12,19H,9-11H2,1-3H3. The molecule has 2 aromatic rings. The van der Waals surface area contributed by atoms with Crippen LogP contribution < -0.4 is 10.1 Å². The highest BCUT2D eigenvalue weighted by Gasteiger charge is 2.08. The molecule has 1 aromatic carbocycles. The number of furan rings is 1. The van der Waals surface area contributed by atoms with Crippen LogP contribution in [0.15, 0.2) is 34.9 Å². The second-order valence-corrected chi connectivity index (χ2v) is 5.59. The van der Waals surface area contributed by atoms with Crippen molar-refractivity contribution in [3.63, 3.8) is 0 Å². The molecule has 0 atom stereocenters. The fraction of sp³-hybridized carbons (Fsp3) is 0.412. The highest BCUT2D eigenvalue weighted by atomic mass is 19.1. The number of benzene rings is 1. The van der Waals surface area contributed by atoms with E-state index in [2.05, 4.69) is 19.2 Å². The van der Waals surface area contributed by atoms with E-state index in [9.17, 15) is 4.39 Å². The lowest BCUT2D eigenvalue weighted by atomic mass is 10.2. The number of ether oxygens (including phenoxy) is 1. The summed E-state index contributed by atoms with van der Waals surface area (Å²) in [5.41, 5.74) is 1.67. The minimum absolute atomic E-state index is 0.223. The molecule has 0 fully saturated rings. The summed E-state index contributed by atoms with van der Waals surface area (Å²) in [7, 11) is 0. The maximum atomic E-state index is 13.2. The van der Waals surface area contributed by atoms with E-state index in [1.807, 2.05) is 6.07 Å². The summed E-state index contributed by atoms with van der Waals surface area (Å²) >= 11 is 0. The largest absolute Gasteiger partial charge is 0.486 e. The van der Waals surface area contributed by atoms with E-state index in [4.69, 9.17) is 9.15 Å². The summed E-state index contributed by atoms with van der Waals surface area (Å²) in [4.78, 5) is 0. The van der Waals surface area contributed by atoms with Crippen LogP contribution in [-0.2, 0) is 13.2 Å². The van der Waals surface area contributed by atoms with Crippen molar-refractivity contribution in [2.24, 2.45) is 5.92 Å². The van der Waals surface area contributed by atoms with E-state index in [1.54, 1.807) is 25.3 Å². The van der Waals surface area contributed by atoms with Crippen molar-refractivity contribution in [3.05, 3.63) is 53.2 Å². The van der Waals surface area contributed by atoms with Gasteiger partial charge in [0.15, 0.2) is 0 Å². The molecule has 0 radical (unpaired) electrons. The van der Waals surface area contributed by atoms with Crippen molar-refractivity contribution < 1.29 is 13.5 Å². The average Bonchev–Trinajstić information content (AvgIpc) is 2.87. The lowest BCUT2D eigenvalue weighted by Gasteiger charge is -2.09. The highest BCUT2D eigenvalue weighted by Crippen LogP contribution is 2.19. The Kier molecular flexibility index (Phi) is 5.39. The molecule has 0 aliphatic carbocycles. The van der Waals surface area contributed by atoms with Crippen LogP contribution in [-0.4, -0.2) is 6.54 Å². The molecule has 1 aromatic heterocycles. The number of halogens is 1. The Morgan fingerprint density at radius 1 is 1.29 bits per heavy atom. The van der Waals surface area contributed by atoms with E-state index in [1.165, 1.54) is 6.07 Å². The molecule has 0 unspecified atom stereocenters. The molecule has 1 N–H and O–H groups in total. The Hall–Kier alpha value is -1.81. The van der Waals surface area contributed by atoms with Crippen LogP contribution in [0.25, 0.3) is 0 Å². The van der Waals surface area contributed by atoms with Crippen LogP contribution in [0, 0.1) is 18.7 Å². The molecule has 0 amide bonds. The number of rotatable bonds is 7. The Balaban J connectivity index is 1.91. The topological polar surface area (TPSA) is 34.4 Å². The summed E-state index contributed by atoms with van der Waals surface area (Å²) in [5.74, 6) is 1.83. The summed E-state index contributed by atoms with van der Waals surface area (Å²) in [6, 6.07) is 6.68. The van der Waals surface area contributed by atoms with Gasteiger partial charge in [0.2, 0.25) is 0 Å². The van der Waals surface area contributed by atoms with Gasteiger partial charge in [-0.25, -0.2) is 4.39 Å². The summed E-state index contributed by atoms with van der Waals surface area (Å²) < 4.78 is 24.3. The second-order valence-electron chi connectivity index (χ2n) is 5.59. The van der Waals surface area contributed by atoms with Gasteiger partial charge in [0, 0.05) is 12.1 Å². The SMILES string of the molecule is Cc1cc(OCc2occc2CNCC(C)C)ccc1F. The van der Waals surface area contributed by atoms with E-state index in [-0.39, 0.29) is 5.82 Å². The number of hydrogen-bond donors (Lipinski definition) is 1. The van der Waals surface area contributed by atoms with Crippen LogP contribution in [0.5, 0.6) is 5.75 Å². The van der Waals surface area contributed by atoms with Crippen molar-refractivity contribution in [2.75, 3.05) is 6.54 Å². The van der Waals surface area contributed by atoms with Crippen molar-refractivity contribution in [1.82, 2.24) is 5.32 Å². The van der Waals surface area contributed by atoms with Gasteiger partial charge in [-0.15, -0.1) is 0 Å². The molecule has 0 bridgehead atoms. The normalized spacial score (nSPS) is 11.1. The van der Waals surface area contributed by atoms with Gasteiger partial charge in [0.25, 0.3) is 0 Å². The van der Waals surface area contributed by atoms with Crippen LogP contribution in [0.1, 0.15) is 30.7 Å². The first-order valence-electron chi connectivity index (χ1n) is 7.21. The Labute approximate surface area is 125 Å². The minimum atomic E-state index is -0.223. The third kappa shape index (κ3) is 4.60. The van der Waals surface area contributed by atoms with Gasteiger partial charge in [-0.05, 0) is 49.2 Å². The van der Waals surface area contributed by atoms with Crippen molar-refractivity contribution >= 4 is 0 Å².